The molecule has 0 amide bonds. The van der Waals surface area contributed by atoms with Crippen molar-refractivity contribution in [2.45, 2.75) is 25.7 Å². The minimum Gasteiger partial charge on any atom is -0.289 e. The standard InChI is InChI=1S/C36H26N4O2/c41-33-27(14-16-31-29(33)21-37-35(39-31)25-10-3-1-4-11-25)19-23-8-7-9-24(18-23)20-28-15-17-32-30(34(28)42)22-38-36(40-32)26-12-5-2-6-13-26/h1-13,18-22H,14-17H2. The van der Waals surface area contributed by atoms with E-state index in [4.69, 9.17) is 9.97 Å². The zero-order chi connectivity index (χ0) is 28.5. The fourth-order valence-electron chi connectivity index (χ4n) is 5.54. The molecule has 0 unspecified atom stereocenters. The van der Waals surface area contributed by atoms with E-state index >= 15 is 0 Å². The Balaban J connectivity index is 1.11. The van der Waals surface area contributed by atoms with E-state index < -0.39 is 0 Å². The van der Waals surface area contributed by atoms with Crippen LogP contribution in [0.3, 0.4) is 0 Å². The zero-order valence-corrected chi connectivity index (χ0v) is 22.8. The molecule has 0 atom stereocenters. The van der Waals surface area contributed by atoms with E-state index in [-0.39, 0.29) is 11.6 Å². The number of allylic oxidation sites excluding steroid dienone is 2. The first-order valence-corrected chi connectivity index (χ1v) is 14.1. The molecule has 0 saturated heterocycles. The summed E-state index contributed by atoms with van der Waals surface area (Å²) in [5, 5.41) is 0. The number of Topliss-reactive ketones (excluding diaryl/α,β-unsaturated/α-hetero) is 2. The van der Waals surface area contributed by atoms with E-state index in [1.807, 2.05) is 97.1 Å². The van der Waals surface area contributed by atoms with Crippen LogP contribution in [0.2, 0.25) is 0 Å². The smallest absolute Gasteiger partial charge is 0.192 e. The van der Waals surface area contributed by atoms with E-state index in [1.165, 1.54) is 0 Å². The molecule has 2 aromatic heterocycles. The van der Waals surface area contributed by atoms with Gasteiger partial charge in [-0.05, 0) is 55.0 Å². The largest absolute Gasteiger partial charge is 0.289 e. The van der Waals surface area contributed by atoms with Crippen LogP contribution in [0.1, 0.15) is 56.1 Å². The summed E-state index contributed by atoms with van der Waals surface area (Å²) in [6.07, 6.45) is 9.78. The number of hydrogen-bond donors (Lipinski definition) is 0. The lowest BCUT2D eigenvalue weighted by atomic mass is 9.88. The van der Waals surface area contributed by atoms with Gasteiger partial charge in [0.1, 0.15) is 0 Å². The second kappa shape index (κ2) is 10.9. The monoisotopic (exact) mass is 546 g/mol. The van der Waals surface area contributed by atoms with Gasteiger partial charge in [0.05, 0.1) is 22.5 Å². The normalized spacial score (nSPS) is 16.4. The molecular formula is C36H26N4O2. The third-order valence-corrected chi connectivity index (χ3v) is 7.73. The highest BCUT2D eigenvalue weighted by Crippen LogP contribution is 2.29. The molecule has 0 bridgehead atoms. The molecule has 5 aromatic rings. The number of carbonyl (C=O) groups is 2. The predicted octanol–water partition coefficient (Wildman–Crippen LogP) is 7.03. The van der Waals surface area contributed by atoms with Crippen LogP contribution in [-0.4, -0.2) is 31.5 Å². The predicted molar refractivity (Wildman–Crippen MR) is 163 cm³/mol. The van der Waals surface area contributed by atoms with Gasteiger partial charge in [0.2, 0.25) is 0 Å². The minimum absolute atomic E-state index is 0.0337. The molecule has 0 saturated carbocycles. The maximum absolute atomic E-state index is 13.3. The average Bonchev–Trinajstić information content (AvgIpc) is 3.04. The lowest BCUT2D eigenvalue weighted by molar-refractivity contribution is 0.101. The number of hydrogen-bond acceptors (Lipinski definition) is 6. The van der Waals surface area contributed by atoms with Crippen molar-refractivity contribution in [2.75, 3.05) is 0 Å². The Bertz CT molecular complexity index is 1770. The van der Waals surface area contributed by atoms with E-state index in [2.05, 4.69) is 9.97 Å². The van der Waals surface area contributed by atoms with Crippen LogP contribution in [0.15, 0.2) is 108 Å². The number of fused-ring (bicyclic) bond motifs is 2. The summed E-state index contributed by atoms with van der Waals surface area (Å²) < 4.78 is 0. The third-order valence-electron chi connectivity index (χ3n) is 7.73. The second-order valence-corrected chi connectivity index (χ2v) is 10.5. The molecule has 6 nitrogen and oxygen atoms in total. The topological polar surface area (TPSA) is 85.7 Å². The summed E-state index contributed by atoms with van der Waals surface area (Å²) in [6, 6.07) is 27.5. The Morgan fingerprint density at radius 3 is 1.43 bits per heavy atom. The van der Waals surface area contributed by atoms with Crippen LogP contribution >= 0.6 is 0 Å². The Morgan fingerprint density at radius 2 is 0.976 bits per heavy atom. The van der Waals surface area contributed by atoms with E-state index in [0.29, 0.717) is 48.5 Å². The van der Waals surface area contributed by atoms with Crippen molar-refractivity contribution < 1.29 is 9.59 Å². The first kappa shape index (κ1) is 25.6. The summed E-state index contributed by atoms with van der Waals surface area (Å²) in [5.74, 6) is 1.21. The number of aryl methyl sites for hydroxylation is 2. The Hall–Kier alpha value is -5.36. The molecular weight excluding hydrogens is 520 g/mol. The van der Waals surface area contributed by atoms with Crippen molar-refractivity contribution in [1.29, 1.82) is 0 Å². The highest BCUT2D eigenvalue weighted by Gasteiger charge is 2.25. The fraction of sp³-hybridized carbons (Fsp3) is 0.111. The molecule has 0 spiro atoms. The van der Waals surface area contributed by atoms with E-state index in [1.54, 1.807) is 12.4 Å². The van der Waals surface area contributed by atoms with Gasteiger partial charge in [0.15, 0.2) is 23.2 Å². The number of nitrogens with zero attached hydrogens (tertiary/aromatic N) is 4. The maximum atomic E-state index is 13.3. The van der Waals surface area contributed by atoms with Gasteiger partial charge in [-0.1, -0.05) is 78.9 Å². The Morgan fingerprint density at radius 1 is 0.524 bits per heavy atom. The highest BCUT2D eigenvalue weighted by molar-refractivity contribution is 6.13. The molecule has 6 heteroatoms. The van der Waals surface area contributed by atoms with Gasteiger partial charge in [-0.3, -0.25) is 9.59 Å². The lowest BCUT2D eigenvalue weighted by Crippen LogP contribution is -2.17. The quantitative estimate of drug-likeness (QED) is 0.225. The molecule has 7 rings (SSSR count). The van der Waals surface area contributed by atoms with Crippen molar-refractivity contribution in [2.24, 2.45) is 0 Å². The van der Waals surface area contributed by atoms with E-state index in [9.17, 15) is 9.59 Å². The number of benzene rings is 3. The van der Waals surface area contributed by atoms with Gasteiger partial charge in [0, 0.05) is 34.7 Å². The summed E-state index contributed by atoms with van der Waals surface area (Å²) in [6.45, 7) is 0. The van der Waals surface area contributed by atoms with Crippen molar-refractivity contribution in [1.82, 2.24) is 19.9 Å². The second-order valence-electron chi connectivity index (χ2n) is 10.5. The zero-order valence-electron chi connectivity index (χ0n) is 22.8. The van der Waals surface area contributed by atoms with Gasteiger partial charge < -0.3 is 0 Å². The fourth-order valence-corrected chi connectivity index (χ4v) is 5.54. The van der Waals surface area contributed by atoms with Crippen LogP contribution in [0, 0.1) is 0 Å². The van der Waals surface area contributed by atoms with Crippen molar-refractivity contribution in [3.05, 3.63) is 142 Å². The molecule has 2 aliphatic carbocycles. The van der Waals surface area contributed by atoms with Gasteiger partial charge >= 0.3 is 0 Å². The molecule has 0 aliphatic heterocycles. The number of aromatic nitrogens is 4. The number of ketones is 2. The first-order chi connectivity index (χ1) is 20.6. The molecule has 0 fully saturated rings. The first-order valence-electron chi connectivity index (χ1n) is 14.1. The molecule has 0 N–H and O–H groups in total. The van der Waals surface area contributed by atoms with Crippen molar-refractivity contribution >= 4 is 23.7 Å². The molecule has 202 valence electrons. The molecule has 2 heterocycles. The van der Waals surface area contributed by atoms with Crippen molar-refractivity contribution in [3.8, 4) is 22.8 Å². The summed E-state index contributed by atoms with van der Waals surface area (Å²) >= 11 is 0. The van der Waals surface area contributed by atoms with Crippen LogP contribution in [0.4, 0.5) is 0 Å². The summed E-state index contributed by atoms with van der Waals surface area (Å²) in [4.78, 5) is 45.0. The van der Waals surface area contributed by atoms with Gasteiger partial charge in [-0.25, -0.2) is 19.9 Å². The Labute approximate surface area is 243 Å². The minimum atomic E-state index is -0.0337. The summed E-state index contributed by atoms with van der Waals surface area (Å²) in [5.41, 5.74) is 7.88. The average molecular weight is 547 g/mol. The Kier molecular flexibility index (Phi) is 6.64. The highest BCUT2D eigenvalue weighted by atomic mass is 16.1. The molecule has 0 radical (unpaired) electrons. The lowest BCUT2D eigenvalue weighted by Gasteiger charge is -2.17. The SMILES string of the molecule is O=C1C(=Cc2cccc(C=C3CCc4nc(-c5ccccc5)ncc4C3=O)c2)CCc2nc(-c3ccccc3)ncc21. The van der Waals surface area contributed by atoms with Crippen LogP contribution in [0.25, 0.3) is 34.9 Å². The molecule has 2 aliphatic rings. The van der Waals surface area contributed by atoms with Gasteiger partial charge in [0.25, 0.3) is 0 Å². The maximum Gasteiger partial charge on any atom is 0.192 e. The van der Waals surface area contributed by atoms with Crippen LogP contribution in [-0.2, 0) is 12.8 Å². The van der Waals surface area contributed by atoms with Crippen LogP contribution < -0.4 is 0 Å². The van der Waals surface area contributed by atoms with Gasteiger partial charge in [-0.15, -0.1) is 0 Å². The van der Waals surface area contributed by atoms with E-state index in [0.717, 1.165) is 44.8 Å². The van der Waals surface area contributed by atoms with Crippen LogP contribution in [0.5, 0.6) is 0 Å². The number of carbonyl (C=O) groups excluding carboxylic acids is 2. The van der Waals surface area contributed by atoms with Gasteiger partial charge in [-0.2, -0.15) is 0 Å². The summed E-state index contributed by atoms with van der Waals surface area (Å²) in [7, 11) is 0. The third kappa shape index (κ3) is 4.99. The molecule has 42 heavy (non-hydrogen) atoms. The number of rotatable bonds is 4. The molecule has 3 aromatic carbocycles. The van der Waals surface area contributed by atoms with Crippen molar-refractivity contribution in [3.63, 3.8) is 0 Å².